The third kappa shape index (κ3) is 4.96. The molecule has 122 valence electrons. The number of primary amides is 1. The topological polar surface area (TPSA) is 58.4 Å². The van der Waals surface area contributed by atoms with E-state index in [2.05, 4.69) is 24.1 Å². The molecule has 4 nitrogen and oxygen atoms in total. The summed E-state index contributed by atoms with van der Waals surface area (Å²) in [6.07, 6.45) is 8.52. The molecule has 0 bridgehead atoms. The van der Waals surface area contributed by atoms with Crippen LogP contribution in [0.15, 0.2) is 0 Å². The van der Waals surface area contributed by atoms with Crippen LogP contribution in [0, 0.1) is 5.92 Å². The van der Waals surface area contributed by atoms with Crippen LogP contribution in [0.25, 0.3) is 0 Å². The van der Waals surface area contributed by atoms with Gasteiger partial charge in [0, 0.05) is 25.2 Å². The number of nitrogens with two attached hydrogens (primary N) is 1. The van der Waals surface area contributed by atoms with Gasteiger partial charge in [0.25, 0.3) is 0 Å². The molecule has 0 aliphatic heterocycles. The van der Waals surface area contributed by atoms with Gasteiger partial charge >= 0.3 is 0 Å². The zero-order valence-electron chi connectivity index (χ0n) is 14.0. The van der Waals surface area contributed by atoms with E-state index in [0.29, 0.717) is 18.0 Å². The second-order valence-electron chi connectivity index (χ2n) is 7.69. The maximum atomic E-state index is 11.9. The third-order valence-electron chi connectivity index (χ3n) is 4.98. The molecule has 1 atom stereocenters. The molecule has 3 N–H and O–H groups in total. The molecule has 2 fully saturated rings. The number of nitrogens with one attached hydrogen (secondary N) is 1. The number of nitrogens with zero attached hydrogens (tertiary/aromatic N) is 1. The standard InChI is InChI=1S/C17H33N3O/c1-13(2)12-20(15-6-4-5-7-15)11-10-17(3,16(18)21)19-14-8-9-14/h13-15,19H,4-12H2,1-3H3,(H2,18,21). The van der Waals surface area contributed by atoms with E-state index in [9.17, 15) is 4.79 Å². The van der Waals surface area contributed by atoms with Gasteiger partial charge < -0.3 is 16.0 Å². The lowest BCUT2D eigenvalue weighted by Crippen LogP contribution is -2.56. The Kier molecular flexibility index (Phi) is 5.67. The van der Waals surface area contributed by atoms with Crippen LogP contribution in [0.5, 0.6) is 0 Å². The molecule has 0 heterocycles. The minimum atomic E-state index is -0.547. The van der Waals surface area contributed by atoms with E-state index in [1.165, 1.54) is 38.5 Å². The lowest BCUT2D eigenvalue weighted by Gasteiger charge is -2.35. The van der Waals surface area contributed by atoms with E-state index >= 15 is 0 Å². The van der Waals surface area contributed by atoms with Gasteiger partial charge in [-0.3, -0.25) is 4.79 Å². The Hall–Kier alpha value is -0.610. The van der Waals surface area contributed by atoms with Gasteiger partial charge in [-0.1, -0.05) is 26.7 Å². The molecule has 0 aromatic rings. The van der Waals surface area contributed by atoms with E-state index in [-0.39, 0.29) is 5.91 Å². The van der Waals surface area contributed by atoms with Gasteiger partial charge in [-0.15, -0.1) is 0 Å². The van der Waals surface area contributed by atoms with Crippen molar-refractivity contribution in [1.82, 2.24) is 10.2 Å². The van der Waals surface area contributed by atoms with Crippen LogP contribution in [-0.2, 0) is 4.79 Å². The second kappa shape index (κ2) is 7.10. The van der Waals surface area contributed by atoms with Crippen molar-refractivity contribution in [2.24, 2.45) is 11.7 Å². The number of hydrogen-bond donors (Lipinski definition) is 2. The van der Waals surface area contributed by atoms with E-state index in [1.54, 1.807) is 0 Å². The zero-order chi connectivity index (χ0) is 15.5. The van der Waals surface area contributed by atoms with Crippen LogP contribution in [0.3, 0.4) is 0 Å². The van der Waals surface area contributed by atoms with Gasteiger partial charge in [0.1, 0.15) is 0 Å². The summed E-state index contributed by atoms with van der Waals surface area (Å²) < 4.78 is 0. The average molecular weight is 295 g/mol. The van der Waals surface area contributed by atoms with Crippen LogP contribution < -0.4 is 11.1 Å². The average Bonchev–Trinajstić information content (AvgIpc) is 3.04. The highest BCUT2D eigenvalue weighted by Crippen LogP contribution is 2.27. The smallest absolute Gasteiger partial charge is 0.237 e. The molecule has 0 spiro atoms. The molecule has 0 aromatic heterocycles. The molecule has 2 saturated carbocycles. The molecule has 1 amide bonds. The van der Waals surface area contributed by atoms with Crippen molar-refractivity contribution in [2.45, 2.75) is 83.3 Å². The van der Waals surface area contributed by atoms with Gasteiger partial charge in [-0.2, -0.15) is 0 Å². The van der Waals surface area contributed by atoms with Crippen LogP contribution >= 0.6 is 0 Å². The fourth-order valence-corrected chi connectivity index (χ4v) is 3.47. The summed E-state index contributed by atoms with van der Waals surface area (Å²) in [5, 5.41) is 3.46. The van der Waals surface area contributed by atoms with Crippen molar-refractivity contribution in [2.75, 3.05) is 13.1 Å². The van der Waals surface area contributed by atoms with Crippen molar-refractivity contribution in [3.05, 3.63) is 0 Å². The van der Waals surface area contributed by atoms with Crippen molar-refractivity contribution >= 4 is 5.91 Å². The van der Waals surface area contributed by atoms with Gasteiger partial charge in [-0.25, -0.2) is 0 Å². The van der Waals surface area contributed by atoms with Crippen molar-refractivity contribution < 1.29 is 4.79 Å². The van der Waals surface area contributed by atoms with Gasteiger partial charge in [0.05, 0.1) is 5.54 Å². The lowest BCUT2D eigenvalue weighted by atomic mass is 9.95. The van der Waals surface area contributed by atoms with Gasteiger partial charge in [0.15, 0.2) is 0 Å². The van der Waals surface area contributed by atoms with E-state index in [0.717, 1.165) is 19.5 Å². The summed E-state index contributed by atoms with van der Waals surface area (Å²) in [4.78, 5) is 14.5. The van der Waals surface area contributed by atoms with Gasteiger partial charge in [0.2, 0.25) is 5.91 Å². The molecular formula is C17H33N3O. The molecule has 0 aromatic carbocycles. The summed E-state index contributed by atoms with van der Waals surface area (Å²) in [5.74, 6) is 0.465. The predicted molar refractivity (Wildman–Crippen MR) is 87.0 cm³/mol. The van der Waals surface area contributed by atoms with Crippen LogP contribution in [0.1, 0.15) is 65.7 Å². The molecule has 21 heavy (non-hydrogen) atoms. The molecular weight excluding hydrogens is 262 g/mol. The first kappa shape index (κ1) is 16.8. The summed E-state index contributed by atoms with van der Waals surface area (Å²) in [6.45, 7) is 8.64. The van der Waals surface area contributed by atoms with E-state index in [1.807, 2.05) is 6.92 Å². The summed E-state index contributed by atoms with van der Waals surface area (Å²) in [6, 6.07) is 1.22. The Morgan fingerprint density at radius 3 is 2.38 bits per heavy atom. The van der Waals surface area contributed by atoms with E-state index < -0.39 is 5.54 Å². The molecule has 0 saturated heterocycles. The predicted octanol–water partition coefficient (Wildman–Crippen LogP) is 2.27. The second-order valence-corrected chi connectivity index (χ2v) is 7.69. The maximum Gasteiger partial charge on any atom is 0.237 e. The Morgan fingerprint density at radius 2 is 1.90 bits per heavy atom. The Morgan fingerprint density at radius 1 is 1.29 bits per heavy atom. The summed E-state index contributed by atoms with van der Waals surface area (Å²) in [7, 11) is 0. The third-order valence-corrected chi connectivity index (χ3v) is 4.98. The summed E-state index contributed by atoms with van der Waals surface area (Å²) >= 11 is 0. The maximum absolute atomic E-state index is 11.9. The minimum Gasteiger partial charge on any atom is -0.368 e. The van der Waals surface area contributed by atoms with Crippen LogP contribution in [-0.4, -0.2) is 41.5 Å². The highest BCUT2D eigenvalue weighted by molar-refractivity contribution is 5.84. The van der Waals surface area contributed by atoms with E-state index in [4.69, 9.17) is 5.73 Å². The molecule has 0 radical (unpaired) electrons. The molecule has 2 aliphatic rings. The molecule has 2 aliphatic carbocycles. The minimum absolute atomic E-state index is 0.203. The number of carbonyl (C=O) groups is 1. The number of rotatable bonds is 9. The molecule has 4 heteroatoms. The summed E-state index contributed by atoms with van der Waals surface area (Å²) in [5.41, 5.74) is 5.12. The first-order chi connectivity index (χ1) is 9.90. The quantitative estimate of drug-likeness (QED) is 0.686. The highest BCUT2D eigenvalue weighted by atomic mass is 16.1. The first-order valence-electron chi connectivity index (χ1n) is 8.72. The number of carbonyl (C=O) groups excluding carboxylic acids is 1. The Balaban J connectivity index is 1.92. The van der Waals surface area contributed by atoms with Crippen molar-refractivity contribution in [3.63, 3.8) is 0 Å². The molecule has 1 unspecified atom stereocenters. The van der Waals surface area contributed by atoms with Gasteiger partial charge in [-0.05, 0) is 44.9 Å². The number of amides is 1. The fourth-order valence-electron chi connectivity index (χ4n) is 3.47. The monoisotopic (exact) mass is 295 g/mol. The fraction of sp³-hybridized carbons (Fsp3) is 0.941. The Labute approximate surface area is 129 Å². The largest absolute Gasteiger partial charge is 0.368 e. The lowest BCUT2D eigenvalue weighted by molar-refractivity contribution is -0.124. The SMILES string of the molecule is CC(C)CN(CCC(C)(NC1CC1)C(N)=O)C1CCCC1. The normalized spacial score (nSPS) is 22.9. The van der Waals surface area contributed by atoms with Crippen LogP contribution in [0.4, 0.5) is 0 Å². The van der Waals surface area contributed by atoms with Crippen molar-refractivity contribution in [3.8, 4) is 0 Å². The van der Waals surface area contributed by atoms with Crippen molar-refractivity contribution in [1.29, 1.82) is 0 Å². The number of hydrogen-bond acceptors (Lipinski definition) is 3. The Bertz CT molecular complexity index is 348. The van der Waals surface area contributed by atoms with Crippen LogP contribution in [0.2, 0.25) is 0 Å². The highest BCUT2D eigenvalue weighted by Gasteiger charge is 2.37. The first-order valence-corrected chi connectivity index (χ1v) is 8.72. The zero-order valence-corrected chi connectivity index (χ0v) is 14.0. The molecule has 2 rings (SSSR count).